The number of rotatable bonds is 6. The van der Waals surface area contributed by atoms with Gasteiger partial charge in [0.05, 0.1) is 5.30 Å². The zero-order chi connectivity index (χ0) is 17.2. The molecule has 1 heterocycles. The van der Waals surface area contributed by atoms with Crippen LogP contribution in [0, 0.1) is 5.92 Å². The fraction of sp³-hybridized carbons (Fsp3) is 0.400. The number of unbranched alkanes of at least 4 members (excludes halogenated alkanes) is 1. The number of hydrogen-bond acceptors (Lipinski definition) is 3. The summed E-state index contributed by atoms with van der Waals surface area (Å²) in [5.41, 5.74) is 2.06. The molecule has 2 unspecified atom stereocenters. The Morgan fingerprint density at radius 3 is 2.42 bits per heavy atom. The SMILES string of the molecule is CCCCNC(C(C)C)P1(=O)Oc2ccccc2-c2ccccc21. The Kier molecular flexibility index (Phi) is 5.12. The third-order valence-corrected chi connectivity index (χ3v) is 7.57. The second-order valence-electron chi connectivity index (χ2n) is 6.70. The molecule has 0 fully saturated rings. The highest BCUT2D eigenvalue weighted by Crippen LogP contribution is 2.58. The minimum atomic E-state index is -3.05. The molecule has 0 aliphatic carbocycles. The second kappa shape index (κ2) is 7.13. The molecule has 24 heavy (non-hydrogen) atoms. The van der Waals surface area contributed by atoms with E-state index >= 15 is 0 Å². The molecular weight excluding hydrogens is 317 g/mol. The van der Waals surface area contributed by atoms with E-state index in [1.807, 2.05) is 48.5 Å². The van der Waals surface area contributed by atoms with Crippen LogP contribution in [0.2, 0.25) is 0 Å². The van der Waals surface area contributed by atoms with Gasteiger partial charge in [-0.05, 0) is 36.6 Å². The van der Waals surface area contributed by atoms with Crippen LogP contribution in [-0.2, 0) is 4.57 Å². The van der Waals surface area contributed by atoms with E-state index in [0.29, 0.717) is 0 Å². The van der Waals surface area contributed by atoms with Crippen LogP contribution in [0.5, 0.6) is 5.75 Å². The van der Waals surface area contributed by atoms with Gasteiger partial charge in [0.1, 0.15) is 11.5 Å². The molecule has 0 bridgehead atoms. The zero-order valence-electron chi connectivity index (χ0n) is 14.7. The first kappa shape index (κ1) is 17.3. The molecule has 3 nitrogen and oxygen atoms in total. The monoisotopic (exact) mass is 343 g/mol. The first-order valence-corrected chi connectivity index (χ1v) is 10.5. The van der Waals surface area contributed by atoms with Gasteiger partial charge in [0.2, 0.25) is 0 Å². The van der Waals surface area contributed by atoms with Gasteiger partial charge in [-0.3, -0.25) is 4.57 Å². The summed E-state index contributed by atoms with van der Waals surface area (Å²) in [6, 6.07) is 15.8. The summed E-state index contributed by atoms with van der Waals surface area (Å²) in [6.07, 6.45) is 2.18. The number of benzene rings is 2. The van der Waals surface area contributed by atoms with Crippen LogP contribution >= 0.6 is 7.37 Å². The summed E-state index contributed by atoms with van der Waals surface area (Å²) in [5, 5.41) is 4.35. The fourth-order valence-electron chi connectivity index (χ4n) is 3.32. The summed E-state index contributed by atoms with van der Waals surface area (Å²) in [5.74, 6) is 0.757. The normalized spacial score (nSPS) is 20.2. The van der Waals surface area contributed by atoms with Gasteiger partial charge < -0.3 is 9.84 Å². The standard InChI is InChI=1S/C20H26NO2P/c1-4-5-14-21-20(15(2)3)24(22)19-13-9-7-11-17(19)16-10-6-8-12-18(16)23-24/h6-13,15,20-21H,4-5,14H2,1-3H3. The van der Waals surface area contributed by atoms with Gasteiger partial charge in [-0.25, -0.2) is 0 Å². The third-order valence-electron chi connectivity index (χ3n) is 4.53. The van der Waals surface area contributed by atoms with Crippen molar-refractivity contribution < 1.29 is 9.09 Å². The lowest BCUT2D eigenvalue weighted by Crippen LogP contribution is -2.40. The van der Waals surface area contributed by atoms with Gasteiger partial charge in [0, 0.05) is 5.56 Å². The van der Waals surface area contributed by atoms with Crippen LogP contribution in [0.25, 0.3) is 11.1 Å². The highest BCUT2D eigenvalue weighted by atomic mass is 31.2. The molecule has 0 saturated heterocycles. The molecule has 1 aliphatic rings. The predicted octanol–water partition coefficient (Wildman–Crippen LogP) is 5.02. The van der Waals surface area contributed by atoms with E-state index in [9.17, 15) is 4.57 Å². The molecule has 2 atom stereocenters. The summed E-state index contributed by atoms with van der Waals surface area (Å²) in [6.45, 7) is 7.23. The van der Waals surface area contributed by atoms with Crippen molar-refractivity contribution in [3.8, 4) is 16.9 Å². The first-order valence-electron chi connectivity index (χ1n) is 8.79. The Morgan fingerprint density at radius 1 is 1.04 bits per heavy atom. The average molecular weight is 343 g/mol. The van der Waals surface area contributed by atoms with Crippen molar-refractivity contribution in [2.24, 2.45) is 5.92 Å². The van der Waals surface area contributed by atoms with Crippen LogP contribution in [0.4, 0.5) is 0 Å². The van der Waals surface area contributed by atoms with E-state index in [1.165, 1.54) is 0 Å². The van der Waals surface area contributed by atoms with Crippen LogP contribution in [0.15, 0.2) is 48.5 Å². The van der Waals surface area contributed by atoms with E-state index in [-0.39, 0.29) is 11.7 Å². The molecule has 0 amide bonds. The quantitative estimate of drug-likeness (QED) is 0.591. The van der Waals surface area contributed by atoms with Gasteiger partial charge in [-0.15, -0.1) is 0 Å². The summed E-state index contributed by atoms with van der Waals surface area (Å²) in [7, 11) is -3.05. The van der Waals surface area contributed by atoms with Crippen LogP contribution in [0.1, 0.15) is 33.6 Å². The number of fused-ring (bicyclic) bond motifs is 3. The Labute approximate surface area is 144 Å². The van der Waals surface area contributed by atoms with Gasteiger partial charge in [-0.2, -0.15) is 0 Å². The van der Waals surface area contributed by atoms with E-state index in [2.05, 4.69) is 26.1 Å². The third kappa shape index (κ3) is 3.03. The summed E-state index contributed by atoms with van der Waals surface area (Å²) in [4.78, 5) is 0. The Hall–Kier alpha value is -1.57. The molecule has 3 rings (SSSR count). The number of para-hydroxylation sites is 1. The molecule has 0 radical (unpaired) electrons. The smallest absolute Gasteiger partial charge is 0.294 e. The Bertz CT molecular complexity index is 757. The summed E-state index contributed by atoms with van der Waals surface area (Å²) < 4.78 is 20.3. The van der Waals surface area contributed by atoms with E-state index < -0.39 is 7.37 Å². The molecule has 0 aromatic heterocycles. The maximum absolute atomic E-state index is 14.1. The number of hydrogen-bond donors (Lipinski definition) is 1. The van der Waals surface area contributed by atoms with Gasteiger partial charge >= 0.3 is 0 Å². The van der Waals surface area contributed by atoms with Gasteiger partial charge in [0.15, 0.2) is 0 Å². The van der Waals surface area contributed by atoms with E-state index in [1.54, 1.807) is 0 Å². The van der Waals surface area contributed by atoms with Gasteiger partial charge in [0.25, 0.3) is 7.37 Å². The first-order chi connectivity index (χ1) is 11.6. The van der Waals surface area contributed by atoms with Crippen LogP contribution in [0.3, 0.4) is 0 Å². The molecule has 128 valence electrons. The Balaban J connectivity index is 2.08. The lowest BCUT2D eigenvalue weighted by molar-refractivity contribution is 0.416. The largest absolute Gasteiger partial charge is 0.438 e. The summed E-state index contributed by atoms with van der Waals surface area (Å²) >= 11 is 0. The average Bonchev–Trinajstić information content (AvgIpc) is 2.58. The highest BCUT2D eigenvalue weighted by Gasteiger charge is 2.43. The topological polar surface area (TPSA) is 38.3 Å². The van der Waals surface area contributed by atoms with Crippen molar-refractivity contribution in [1.82, 2.24) is 5.32 Å². The van der Waals surface area contributed by atoms with Crippen molar-refractivity contribution in [2.75, 3.05) is 6.54 Å². The Morgan fingerprint density at radius 2 is 1.71 bits per heavy atom. The van der Waals surface area contributed by atoms with Crippen molar-refractivity contribution in [3.63, 3.8) is 0 Å². The maximum atomic E-state index is 14.1. The zero-order valence-corrected chi connectivity index (χ0v) is 15.6. The van der Waals surface area contributed by atoms with Gasteiger partial charge in [-0.1, -0.05) is 63.6 Å². The lowest BCUT2D eigenvalue weighted by atomic mass is 10.0. The molecular formula is C20H26NO2P. The second-order valence-corrected chi connectivity index (χ2v) is 9.11. The van der Waals surface area contributed by atoms with Crippen molar-refractivity contribution >= 4 is 12.7 Å². The van der Waals surface area contributed by atoms with Crippen LogP contribution < -0.4 is 15.1 Å². The van der Waals surface area contributed by atoms with Crippen molar-refractivity contribution in [1.29, 1.82) is 0 Å². The molecule has 1 N–H and O–H groups in total. The molecule has 4 heteroatoms. The maximum Gasteiger partial charge on any atom is 0.294 e. The van der Waals surface area contributed by atoms with Crippen molar-refractivity contribution in [3.05, 3.63) is 48.5 Å². The molecule has 0 spiro atoms. The molecule has 2 aromatic rings. The van der Waals surface area contributed by atoms with Crippen LogP contribution in [-0.4, -0.2) is 12.3 Å². The highest BCUT2D eigenvalue weighted by molar-refractivity contribution is 7.68. The minimum absolute atomic E-state index is 0.182. The lowest BCUT2D eigenvalue weighted by Gasteiger charge is -2.36. The molecule has 1 aliphatic heterocycles. The van der Waals surface area contributed by atoms with E-state index in [0.717, 1.165) is 41.6 Å². The number of nitrogens with one attached hydrogen (secondary N) is 1. The molecule has 0 saturated carbocycles. The minimum Gasteiger partial charge on any atom is -0.438 e. The van der Waals surface area contributed by atoms with E-state index in [4.69, 9.17) is 4.52 Å². The predicted molar refractivity (Wildman–Crippen MR) is 101 cm³/mol. The molecule has 2 aromatic carbocycles. The van der Waals surface area contributed by atoms with Crippen molar-refractivity contribution in [2.45, 2.75) is 39.4 Å². The fourth-order valence-corrected chi connectivity index (χ4v) is 6.26.